The van der Waals surface area contributed by atoms with Crippen molar-refractivity contribution in [3.63, 3.8) is 0 Å². The van der Waals surface area contributed by atoms with E-state index in [2.05, 4.69) is 10.6 Å². The molecule has 0 aliphatic carbocycles. The van der Waals surface area contributed by atoms with Crippen LogP contribution in [0.25, 0.3) is 0 Å². The van der Waals surface area contributed by atoms with E-state index in [4.69, 9.17) is 5.11 Å². The Hall–Kier alpha value is -1.10. The van der Waals surface area contributed by atoms with Gasteiger partial charge in [-0.15, -0.1) is 0 Å². The normalized spacial score (nSPS) is 22.3. The molecule has 1 heterocycles. The van der Waals surface area contributed by atoms with Crippen LogP contribution < -0.4 is 10.6 Å². The Morgan fingerprint density at radius 1 is 1.60 bits per heavy atom. The third-order valence-corrected chi connectivity index (χ3v) is 2.64. The van der Waals surface area contributed by atoms with Gasteiger partial charge in [-0.2, -0.15) is 0 Å². The second-order valence-corrected chi connectivity index (χ2v) is 3.86. The van der Waals surface area contributed by atoms with Gasteiger partial charge < -0.3 is 15.7 Å². The molecule has 15 heavy (non-hydrogen) atoms. The van der Waals surface area contributed by atoms with Crippen molar-refractivity contribution in [3.8, 4) is 0 Å². The van der Waals surface area contributed by atoms with Gasteiger partial charge >= 0.3 is 5.97 Å². The highest BCUT2D eigenvalue weighted by Gasteiger charge is 2.24. The summed E-state index contributed by atoms with van der Waals surface area (Å²) in [7, 11) is 0. The van der Waals surface area contributed by atoms with Crippen molar-refractivity contribution < 1.29 is 14.7 Å². The number of carboxylic acids is 1. The Kier molecular flexibility index (Phi) is 4.55. The maximum absolute atomic E-state index is 11.6. The molecule has 3 N–H and O–H groups in total. The van der Waals surface area contributed by atoms with Crippen LogP contribution in [0.5, 0.6) is 0 Å². The van der Waals surface area contributed by atoms with Crippen LogP contribution >= 0.6 is 0 Å². The second-order valence-electron chi connectivity index (χ2n) is 3.86. The minimum atomic E-state index is -0.874. The van der Waals surface area contributed by atoms with Gasteiger partial charge in [0.25, 0.3) is 0 Å². The predicted molar refractivity (Wildman–Crippen MR) is 55.5 cm³/mol. The summed E-state index contributed by atoms with van der Waals surface area (Å²) in [4.78, 5) is 22.1. The number of aliphatic carboxylic acids is 1. The number of carbonyl (C=O) groups excluding carboxylic acids is 1. The lowest BCUT2D eigenvalue weighted by Crippen LogP contribution is -2.45. The molecular weight excluding hydrogens is 196 g/mol. The zero-order valence-corrected chi connectivity index (χ0v) is 8.95. The average Bonchev–Trinajstić information content (AvgIpc) is 2.68. The summed E-state index contributed by atoms with van der Waals surface area (Å²) in [6.45, 7) is 2.74. The molecule has 1 unspecified atom stereocenters. The third-order valence-electron chi connectivity index (χ3n) is 2.64. The van der Waals surface area contributed by atoms with E-state index in [1.807, 2.05) is 6.92 Å². The van der Waals surface area contributed by atoms with Crippen LogP contribution in [0.3, 0.4) is 0 Å². The molecular formula is C10H18N2O3. The monoisotopic (exact) mass is 214 g/mol. The van der Waals surface area contributed by atoms with Crippen LogP contribution in [0.4, 0.5) is 0 Å². The summed E-state index contributed by atoms with van der Waals surface area (Å²) >= 11 is 0. The molecule has 1 saturated heterocycles. The van der Waals surface area contributed by atoms with Crippen molar-refractivity contribution in [2.75, 3.05) is 6.54 Å². The van der Waals surface area contributed by atoms with Crippen LogP contribution in [-0.4, -0.2) is 35.6 Å². The van der Waals surface area contributed by atoms with Crippen LogP contribution in [-0.2, 0) is 9.59 Å². The van der Waals surface area contributed by atoms with Gasteiger partial charge in [-0.1, -0.05) is 6.92 Å². The Labute approximate surface area is 89.2 Å². The summed E-state index contributed by atoms with van der Waals surface area (Å²) in [5.41, 5.74) is 0. The first kappa shape index (κ1) is 12.0. The van der Waals surface area contributed by atoms with E-state index in [1.165, 1.54) is 0 Å². The average molecular weight is 214 g/mol. The first-order valence-electron chi connectivity index (χ1n) is 5.39. The van der Waals surface area contributed by atoms with E-state index >= 15 is 0 Å². The third kappa shape index (κ3) is 3.87. The molecule has 0 radical (unpaired) electrons. The van der Waals surface area contributed by atoms with Crippen molar-refractivity contribution in [2.45, 2.75) is 44.7 Å². The Balaban J connectivity index is 2.36. The fraction of sp³-hybridized carbons (Fsp3) is 0.800. The number of rotatable bonds is 5. The standard InChI is InChI=1S/C10H18N2O3/c1-2-7(6-9(13)14)12-10(15)8-4-3-5-11-8/h7-8,11H,2-6H2,1H3,(H,12,15)(H,13,14)/t7?,8-/m1/s1. The highest BCUT2D eigenvalue weighted by Crippen LogP contribution is 2.06. The molecule has 0 aromatic carbocycles. The zero-order chi connectivity index (χ0) is 11.3. The van der Waals surface area contributed by atoms with Gasteiger partial charge in [0.1, 0.15) is 0 Å². The molecule has 0 bridgehead atoms. The van der Waals surface area contributed by atoms with Gasteiger partial charge in [0.15, 0.2) is 0 Å². The van der Waals surface area contributed by atoms with Gasteiger partial charge in [0.2, 0.25) is 5.91 Å². The molecule has 0 spiro atoms. The lowest BCUT2D eigenvalue weighted by molar-refractivity contribution is -0.137. The molecule has 86 valence electrons. The summed E-state index contributed by atoms with van der Waals surface area (Å²) < 4.78 is 0. The maximum atomic E-state index is 11.6. The topological polar surface area (TPSA) is 78.4 Å². The van der Waals surface area contributed by atoms with Crippen molar-refractivity contribution in [1.82, 2.24) is 10.6 Å². The largest absolute Gasteiger partial charge is 0.481 e. The molecule has 0 aromatic rings. The fourth-order valence-corrected chi connectivity index (χ4v) is 1.72. The van der Waals surface area contributed by atoms with Crippen LogP contribution in [0.15, 0.2) is 0 Å². The van der Waals surface area contributed by atoms with E-state index < -0.39 is 5.97 Å². The summed E-state index contributed by atoms with van der Waals surface area (Å²) in [6.07, 6.45) is 2.49. The molecule has 1 amide bonds. The van der Waals surface area contributed by atoms with Gasteiger partial charge in [0, 0.05) is 6.04 Å². The summed E-state index contributed by atoms with van der Waals surface area (Å²) in [6, 6.07) is -0.384. The predicted octanol–water partition coefficient (Wildman–Crippen LogP) is 0.108. The Morgan fingerprint density at radius 3 is 2.80 bits per heavy atom. The van der Waals surface area contributed by atoms with E-state index in [0.29, 0.717) is 6.42 Å². The zero-order valence-electron chi connectivity index (χ0n) is 8.95. The smallest absolute Gasteiger partial charge is 0.305 e. The lowest BCUT2D eigenvalue weighted by Gasteiger charge is -2.17. The first-order valence-corrected chi connectivity index (χ1v) is 5.39. The minimum absolute atomic E-state index is 0.00500. The first-order chi connectivity index (χ1) is 7.13. The number of nitrogens with one attached hydrogen (secondary N) is 2. The molecule has 0 aromatic heterocycles. The molecule has 1 rings (SSSR count). The van der Waals surface area contributed by atoms with Crippen molar-refractivity contribution >= 4 is 11.9 Å². The number of hydrogen-bond donors (Lipinski definition) is 3. The summed E-state index contributed by atoms with van der Waals surface area (Å²) in [5, 5.41) is 14.5. The molecule has 1 fully saturated rings. The number of hydrogen-bond acceptors (Lipinski definition) is 3. The Bertz CT molecular complexity index is 237. The molecule has 1 aliphatic rings. The van der Waals surface area contributed by atoms with Crippen molar-refractivity contribution in [2.24, 2.45) is 0 Å². The van der Waals surface area contributed by atoms with Crippen LogP contribution in [0.2, 0.25) is 0 Å². The highest BCUT2D eigenvalue weighted by molar-refractivity contribution is 5.82. The van der Waals surface area contributed by atoms with Gasteiger partial charge in [0.05, 0.1) is 12.5 Å². The molecule has 2 atom stereocenters. The molecule has 5 heteroatoms. The Morgan fingerprint density at radius 2 is 2.33 bits per heavy atom. The fourth-order valence-electron chi connectivity index (χ4n) is 1.72. The molecule has 5 nitrogen and oxygen atoms in total. The van der Waals surface area contributed by atoms with E-state index in [-0.39, 0.29) is 24.4 Å². The summed E-state index contributed by atoms with van der Waals surface area (Å²) in [5.74, 6) is -0.942. The molecule has 1 aliphatic heterocycles. The second kappa shape index (κ2) is 5.70. The number of carbonyl (C=O) groups is 2. The highest BCUT2D eigenvalue weighted by atomic mass is 16.4. The molecule has 0 saturated carbocycles. The van der Waals surface area contributed by atoms with Gasteiger partial charge in [-0.3, -0.25) is 9.59 Å². The van der Waals surface area contributed by atoms with E-state index in [1.54, 1.807) is 0 Å². The number of carboxylic acid groups (broad SMARTS) is 1. The van der Waals surface area contributed by atoms with Crippen LogP contribution in [0.1, 0.15) is 32.6 Å². The lowest BCUT2D eigenvalue weighted by atomic mass is 10.1. The van der Waals surface area contributed by atoms with Crippen molar-refractivity contribution in [3.05, 3.63) is 0 Å². The minimum Gasteiger partial charge on any atom is -0.481 e. The van der Waals surface area contributed by atoms with Crippen molar-refractivity contribution in [1.29, 1.82) is 0 Å². The van der Waals surface area contributed by atoms with E-state index in [9.17, 15) is 9.59 Å². The quantitative estimate of drug-likeness (QED) is 0.607. The SMILES string of the molecule is CCC(CC(=O)O)NC(=O)[C@H]1CCCN1. The van der Waals surface area contributed by atoms with Crippen LogP contribution in [0, 0.1) is 0 Å². The maximum Gasteiger partial charge on any atom is 0.305 e. The number of amides is 1. The van der Waals surface area contributed by atoms with Gasteiger partial charge in [-0.05, 0) is 25.8 Å². The van der Waals surface area contributed by atoms with E-state index in [0.717, 1.165) is 19.4 Å². The van der Waals surface area contributed by atoms with Gasteiger partial charge in [-0.25, -0.2) is 0 Å².